The molecular weight excluding hydrogens is 108 g/mol. The van der Waals surface area contributed by atoms with Crippen LogP contribution in [0, 0.1) is 11.8 Å². The maximum Gasteiger partial charge on any atom is -0.00166 e. The van der Waals surface area contributed by atoms with E-state index in [4.69, 9.17) is 0 Å². The van der Waals surface area contributed by atoms with E-state index in [0.29, 0.717) is 0 Å². The zero-order valence-corrected chi connectivity index (χ0v) is 5.80. The van der Waals surface area contributed by atoms with Crippen molar-refractivity contribution in [1.29, 1.82) is 0 Å². The molecule has 0 heterocycles. The summed E-state index contributed by atoms with van der Waals surface area (Å²) in [7, 11) is 0. The van der Waals surface area contributed by atoms with Gasteiger partial charge >= 0.3 is 0 Å². The number of allylic oxidation sites excluding steroid dienone is 4. The van der Waals surface area contributed by atoms with Crippen molar-refractivity contribution in [3.05, 3.63) is 23.8 Å². The SMILES string of the molecule is CC1=CC2C=CCC2C1. The van der Waals surface area contributed by atoms with Gasteiger partial charge in [0.25, 0.3) is 0 Å². The summed E-state index contributed by atoms with van der Waals surface area (Å²) in [6.07, 6.45) is 9.74. The highest BCUT2D eigenvalue weighted by Crippen LogP contribution is 2.37. The lowest BCUT2D eigenvalue weighted by molar-refractivity contribution is 0.521. The van der Waals surface area contributed by atoms with Gasteiger partial charge in [-0.1, -0.05) is 23.8 Å². The van der Waals surface area contributed by atoms with E-state index >= 15 is 0 Å². The molecule has 0 fully saturated rings. The lowest BCUT2D eigenvalue weighted by Crippen LogP contribution is -1.97. The van der Waals surface area contributed by atoms with Crippen LogP contribution in [0.3, 0.4) is 0 Å². The molecule has 2 aliphatic carbocycles. The summed E-state index contributed by atoms with van der Waals surface area (Å²) in [5, 5.41) is 0. The van der Waals surface area contributed by atoms with Crippen molar-refractivity contribution in [3.63, 3.8) is 0 Å². The molecule has 0 spiro atoms. The van der Waals surface area contributed by atoms with E-state index in [2.05, 4.69) is 25.2 Å². The summed E-state index contributed by atoms with van der Waals surface area (Å²) >= 11 is 0. The van der Waals surface area contributed by atoms with Crippen LogP contribution in [0.5, 0.6) is 0 Å². The molecule has 0 aromatic heterocycles. The predicted octanol–water partition coefficient (Wildman–Crippen LogP) is 2.53. The van der Waals surface area contributed by atoms with Gasteiger partial charge in [0, 0.05) is 0 Å². The van der Waals surface area contributed by atoms with Gasteiger partial charge in [-0.3, -0.25) is 0 Å². The summed E-state index contributed by atoms with van der Waals surface area (Å²) < 4.78 is 0. The second kappa shape index (κ2) is 1.73. The largest absolute Gasteiger partial charge is 0.0876 e. The third-order valence-corrected chi connectivity index (χ3v) is 2.40. The first kappa shape index (κ1) is 5.28. The smallest absolute Gasteiger partial charge is 0.00166 e. The molecule has 0 amide bonds. The highest BCUT2D eigenvalue weighted by atomic mass is 14.3. The van der Waals surface area contributed by atoms with Crippen LogP contribution >= 0.6 is 0 Å². The first-order chi connectivity index (χ1) is 4.36. The van der Waals surface area contributed by atoms with Gasteiger partial charge in [-0.15, -0.1) is 0 Å². The molecule has 0 aromatic rings. The molecule has 2 atom stereocenters. The van der Waals surface area contributed by atoms with Gasteiger partial charge in [0.1, 0.15) is 0 Å². The summed E-state index contributed by atoms with van der Waals surface area (Å²) in [5.41, 5.74) is 1.59. The maximum atomic E-state index is 2.41. The van der Waals surface area contributed by atoms with Crippen LogP contribution in [-0.4, -0.2) is 0 Å². The van der Waals surface area contributed by atoms with Crippen molar-refractivity contribution in [3.8, 4) is 0 Å². The number of rotatable bonds is 0. The van der Waals surface area contributed by atoms with E-state index in [1.54, 1.807) is 5.57 Å². The molecule has 0 saturated carbocycles. The second-order valence-electron chi connectivity index (χ2n) is 3.22. The number of hydrogen-bond acceptors (Lipinski definition) is 0. The molecule has 2 unspecified atom stereocenters. The monoisotopic (exact) mass is 120 g/mol. The van der Waals surface area contributed by atoms with Crippen LogP contribution in [0.4, 0.5) is 0 Å². The van der Waals surface area contributed by atoms with E-state index in [1.165, 1.54) is 12.8 Å². The van der Waals surface area contributed by atoms with Crippen molar-refractivity contribution in [1.82, 2.24) is 0 Å². The quantitative estimate of drug-likeness (QED) is 0.431. The summed E-state index contributed by atoms with van der Waals surface area (Å²) in [6, 6.07) is 0. The lowest BCUT2D eigenvalue weighted by Gasteiger charge is -2.05. The standard InChI is InChI=1S/C9H12/c1-7-5-8-3-2-4-9(8)6-7/h2-3,5,8-9H,4,6H2,1H3. The van der Waals surface area contributed by atoms with Gasteiger partial charge in [0.05, 0.1) is 0 Å². The first-order valence-electron chi connectivity index (χ1n) is 3.70. The number of fused-ring (bicyclic) bond motifs is 1. The average Bonchev–Trinajstić information content (AvgIpc) is 2.22. The van der Waals surface area contributed by atoms with Gasteiger partial charge < -0.3 is 0 Å². The van der Waals surface area contributed by atoms with Crippen LogP contribution in [0.25, 0.3) is 0 Å². The third-order valence-electron chi connectivity index (χ3n) is 2.40. The van der Waals surface area contributed by atoms with Gasteiger partial charge in [0.2, 0.25) is 0 Å². The topological polar surface area (TPSA) is 0 Å². The molecule has 0 bridgehead atoms. The Labute approximate surface area is 56.3 Å². The van der Waals surface area contributed by atoms with Crippen molar-refractivity contribution in [2.24, 2.45) is 11.8 Å². The molecule has 0 radical (unpaired) electrons. The fourth-order valence-electron chi connectivity index (χ4n) is 1.95. The summed E-state index contributed by atoms with van der Waals surface area (Å²) in [6.45, 7) is 2.24. The van der Waals surface area contributed by atoms with Crippen LogP contribution in [0.15, 0.2) is 23.8 Å². The van der Waals surface area contributed by atoms with Gasteiger partial charge in [-0.2, -0.15) is 0 Å². The zero-order chi connectivity index (χ0) is 6.27. The molecule has 0 aliphatic heterocycles. The Morgan fingerprint density at radius 1 is 1.56 bits per heavy atom. The fraction of sp³-hybridized carbons (Fsp3) is 0.556. The van der Waals surface area contributed by atoms with Gasteiger partial charge in [-0.05, 0) is 31.6 Å². The minimum Gasteiger partial charge on any atom is -0.0876 e. The maximum absolute atomic E-state index is 2.41. The summed E-state index contributed by atoms with van der Waals surface area (Å²) in [4.78, 5) is 0. The number of hydrogen-bond donors (Lipinski definition) is 0. The Bertz CT molecular complexity index is 174. The van der Waals surface area contributed by atoms with E-state index in [9.17, 15) is 0 Å². The predicted molar refractivity (Wildman–Crippen MR) is 39.1 cm³/mol. The highest BCUT2D eigenvalue weighted by molar-refractivity contribution is 5.21. The van der Waals surface area contributed by atoms with Gasteiger partial charge in [0.15, 0.2) is 0 Å². The Hall–Kier alpha value is -0.520. The molecule has 2 rings (SSSR count). The van der Waals surface area contributed by atoms with Crippen molar-refractivity contribution in [2.75, 3.05) is 0 Å². The van der Waals surface area contributed by atoms with E-state index in [1.807, 2.05) is 0 Å². The Kier molecular flexibility index (Phi) is 1.01. The van der Waals surface area contributed by atoms with Crippen LogP contribution in [0.1, 0.15) is 19.8 Å². The Balaban J connectivity index is 2.21. The highest BCUT2D eigenvalue weighted by Gasteiger charge is 2.25. The van der Waals surface area contributed by atoms with Crippen molar-refractivity contribution in [2.45, 2.75) is 19.8 Å². The molecule has 0 nitrogen and oxygen atoms in total. The molecule has 0 heteroatoms. The van der Waals surface area contributed by atoms with E-state index < -0.39 is 0 Å². The first-order valence-corrected chi connectivity index (χ1v) is 3.70. The molecule has 0 aromatic carbocycles. The minimum absolute atomic E-state index is 0.810. The van der Waals surface area contributed by atoms with Crippen LogP contribution < -0.4 is 0 Å². The third kappa shape index (κ3) is 0.735. The normalized spacial score (nSPS) is 39.0. The summed E-state index contributed by atoms with van der Waals surface area (Å²) in [5.74, 6) is 1.76. The molecule has 0 N–H and O–H groups in total. The molecule has 2 aliphatic rings. The fourth-order valence-corrected chi connectivity index (χ4v) is 1.95. The second-order valence-corrected chi connectivity index (χ2v) is 3.22. The minimum atomic E-state index is 0.810. The molecular formula is C9H12. The molecule has 48 valence electrons. The van der Waals surface area contributed by atoms with E-state index in [-0.39, 0.29) is 0 Å². The zero-order valence-electron chi connectivity index (χ0n) is 5.80. The van der Waals surface area contributed by atoms with E-state index in [0.717, 1.165) is 11.8 Å². The molecule has 9 heavy (non-hydrogen) atoms. The van der Waals surface area contributed by atoms with Crippen molar-refractivity contribution < 1.29 is 0 Å². The average molecular weight is 120 g/mol. The van der Waals surface area contributed by atoms with Crippen LogP contribution in [0.2, 0.25) is 0 Å². The van der Waals surface area contributed by atoms with Gasteiger partial charge in [-0.25, -0.2) is 0 Å². The van der Waals surface area contributed by atoms with Crippen molar-refractivity contribution >= 4 is 0 Å². The Morgan fingerprint density at radius 3 is 3.22 bits per heavy atom. The lowest BCUT2D eigenvalue weighted by atomic mass is 9.99. The molecule has 0 saturated heterocycles. The Morgan fingerprint density at radius 2 is 2.44 bits per heavy atom. The van der Waals surface area contributed by atoms with Crippen LogP contribution in [-0.2, 0) is 0 Å².